The number of hydrogen-bond acceptors (Lipinski definition) is 4. The number of ether oxygens (including phenoxy) is 1. The minimum absolute atomic E-state index is 0.0887. The summed E-state index contributed by atoms with van der Waals surface area (Å²) in [7, 11) is 0. The van der Waals surface area contributed by atoms with E-state index in [2.05, 4.69) is 67.6 Å². The molecule has 0 radical (unpaired) electrons. The first kappa shape index (κ1) is 23.6. The highest BCUT2D eigenvalue weighted by atomic mass is 16.6. The van der Waals surface area contributed by atoms with Gasteiger partial charge < -0.3 is 10.1 Å². The van der Waals surface area contributed by atoms with E-state index in [1.54, 1.807) is 6.20 Å². The van der Waals surface area contributed by atoms with Crippen LogP contribution in [-0.2, 0) is 16.7 Å². The van der Waals surface area contributed by atoms with Crippen molar-refractivity contribution in [1.82, 2.24) is 9.78 Å². The van der Waals surface area contributed by atoms with Crippen molar-refractivity contribution in [3.63, 3.8) is 0 Å². The van der Waals surface area contributed by atoms with Crippen molar-refractivity contribution in [2.75, 3.05) is 5.32 Å². The molecule has 5 heteroatoms. The van der Waals surface area contributed by atoms with Crippen LogP contribution in [0.2, 0.25) is 0 Å². The summed E-state index contributed by atoms with van der Waals surface area (Å²) in [6.07, 6.45) is 1.25. The molecular formula is C29H33N3O2. The van der Waals surface area contributed by atoms with Crippen molar-refractivity contribution >= 4 is 22.7 Å². The van der Waals surface area contributed by atoms with Crippen molar-refractivity contribution in [3.05, 3.63) is 84.1 Å². The number of carbonyl (C=O) groups excluding carboxylic acids is 1. The Hall–Kier alpha value is -3.60. The molecule has 34 heavy (non-hydrogen) atoms. The van der Waals surface area contributed by atoms with E-state index in [1.165, 1.54) is 15.8 Å². The first-order chi connectivity index (χ1) is 16.0. The van der Waals surface area contributed by atoms with Gasteiger partial charge in [-0.05, 0) is 48.9 Å². The fourth-order valence-corrected chi connectivity index (χ4v) is 3.92. The number of carbonyl (C=O) groups is 1. The molecule has 1 N–H and O–H groups in total. The lowest BCUT2D eigenvalue weighted by Gasteiger charge is -2.20. The molecule has 0 atom stereocenters. The van der Waals surface area contributed by atoms with Crippen molar-refractivity contribution < 1.29 is 9.53 Å². The Labute approximate surface area is 201 Å². The Morgan fingerprint density at radius 1 is 0.912 bits per heavy atom. The molecule has 0 amide bonds. The van der Waals surface area contributed by atoms with Crippen LogP contribution in [0, 0.1) is 0 Å². The van der Waals surface area contributed by atoms with E-state index >= 15 is 0 Å². The molecule has 3 aromatic carbocycles. The number of hydrogen-bond donors (Lipinski definition) is 1. The Kier molecular flexibility index (Phi) is 6.22. The van der Waals surface area contributed by atoms with E-state index in [0.717, 1.165) is 22.2 Å². The van der Waals surface area contributed by atoms with Crippen LogP contribution in [0.15, 0.2) is 72.9 Å². The monoisotopic (exact) mass is 455 g/mol. The second kappa shape index (κ2) is 8.98. The lowest BCUT2D eigenvalue weighted by Crippen LogP contribution is -2.27. The quantitative estimate of drug-likeness (QED) is 0.348. The maximum Gasteiger partial charge on any atom is 0.435 e. The topological polar surface area (TPSA) is 56.2 Å². The second-order valence-corrected chi connectivity index (χ2v) is 10.6. The van der Waals surface area contributed by atoms with E-state index in [9.17, 15) is 4.79 Å². The van der Waals surface area contributed by atoms with Crippen molar-refractivity contribution in [1.29, 1.82) is 0 Å². The van der Waals surface area contributed by atoms with E-state index < -0.39 is 11.7 Å². The fraction of sp³-hybridized carbons (Fsp3) is 0.310. The van der Waals surface area contributed by atoms with Gasteiger partial charge in [0.25, 0.3) is 0 Å². The lowest BCUT2D eigenvalue weighted by molar-refractivity contribution is 0.0522. The molecule has 0 aliphatic rings. The Balaban J connectivity index is 1.79. The molecule has 0 aliphatic heterocycles. The highest BCUT2D eigenvalue weighted by molar-refractivity contribution is 6.02. The third-order valence-electron chi connectivity index (χ3n) is 5.69. The van der Waals surface area contributed by atoms with Crippen LogP contribution < -0.4 is 5.32 Å². The third-order valence-corrected chi connectivity index (χ3v) is 5.69. The molecule has 0 saturated heterocycles. The molecule has 4 rings (SSSR count). The van der Waals surface area contributed by atoms with Crippen LogP contribution in [0.4, 0.5) is 10.5 Å². The Morgan fingerprint density at radius 2 is 1.59 bits per heavy atom. The van der Waals surface area contributed by atoms with Crippen molar-refractivity contribution in [2.24, 2.45) is 0 Å². The van der Waals surface area contributed by atoms with Crippen molar-refractivity contribution in [3.8, 4) is 11.1 Å². The lowest BCUT2D eigenvalue weighted by atomic mass is 9.86. The second-order valence-electron chi connectivity index (χ2n) is 10.6. The number of aromatic nitrogens is 2. The summed E-state index contributed by atoms with van der Waals surface area (Å²) in [5, 5.41) is 8.86. The maximum atomic E-state index is 12.8. The highest BCUT2D eigenvalue weighted by Crippen LogP contribution is 2.36. The average molecular weight is 456 g/mol. The maximum absolute atomic E-state index is 12.8. The van der Waals surface area contributed by atoms with Gasteiger partial charge in [0.2, 0.25) is 0 Å². The Bertz CT molecular complexity index is 1290. The number of benzene rings is 3. The van der Waals surface area contributed by atoms with Crippen LogP contribution in [0.5, 0.6) is 0 Å². The van der Waals surface area contributed by atoms with Crippen LogP contribution in [-0.4, -0.2) is 21.5 Å². The number of rotatable bonds is 4. The van der Waals surface area contributed by atoms with Crippen molar-refractivity contribution in [2.45, 2.75) is 59.1 Å². The summed E-state index contributed by atoms with van der Waals surface area (Å²) < 4.78 is 6.89. The van der Waals surface area contributed by atoms with Crippen LogP contribution in [0.25, 0.3) is 22.0 Å². The minimum Gasteiger partial charge on any atom is -0.442 e. The van der Waals surface area contributed by atoms with Gasteiger partial charge in [0.1, 0.15) is 5.60 Å². The highest BCUT2D eigenvalue weighted by Gasteiger charge is 2.22. The summed E-state index contributed by atoms with van der Waals surface area (Å²) in [6, 6.07) is 22.9. The van der Waals surface area contributed by atoms with Gasteiger partial charge in [0.15, 0.2) is 0 Å². The molecule has 1 aromatic heterocycles. The first-order valence-corrected chi connectivity index (χ1v) is 11.7. The third kappa shape index (κ3) is 5.14. The zero-order valence-electron chi connectivity index (χ0n) is 20.8. The van der Waals surface area contributed by atoms with Gasteiger partial charge in [-0.15, -0.1) is 0 Å². The Morgan fingerprint density at radius 3 is 2.21 bits per heavy atom. The summed E-state index contributed by atoms with van der Waals surface area (Å²) in [6.45, 7) is 12.9. The van der Waals surface area contributed by atoms with Gasteiger partial charge in [-0.25, -0.2) is 4.79 Å². The molecule has 5 nitrogen and oxygen atoms in total. The molecule has 0 saturated carbocycles. The predicted octanol–water partition coefficient (Wildman–Crippen LogP) is 7.40. The standard InChI is InChI=1S/C29H33N3O2/c1-28(2,3)22-14-12-21(13-15-22)23-16-17-25-24(19-31-32(25)27(33)34-29(4,5)6)26(23)30-18-20-10-8-7-9-11-20/h7-17,19,30H,18H2,1-6H3. The molecule has 0 unspecified atom stereocenters. The van der Waals surface area contributed by atoms with Gasteiger partial charge in [0, 0.05) is 17.5 Å². The molecule has 4 aromatic rings. The minimum atomic E-state index is -0.599. The zero-order valence-corrected chi connectivity index (χ0v) is 20.8. The largest absolute Gasteiger partial charge is 0.442 e. The summed E-state index contributed by atoms with van der Waals surface area (Å²) in [4.78, 5) is 12.8. The van der Waals surface area contributed by atoms with E-state index in [1.807, 2.05) is 51.1 Å². The van der Waals surface area contributed by atoms with Crippen LogP contribution in [0.3, 0.4) is 0 Å². The molecule has 0 bridgehead atoms. The first-order valence-electron chi connectivity index (χ1n) is 11.7. The van der Waals surface area contributed by atoms with Gasteiger partial charge in [-0.1, -0.05) is 81.4 Å². The summed E-state index contributed by atoms with van der Waals surface area (Å²) in [5.74, 6) is 0. The molecule has 0 spiro atoms. The zero-order chi connectivity index (χ0) is 24.5. The molecule has 176 valence electrons. The van der Waals surface area contributed by atoms with Gasteiger partial charge >= 0.3 is 6.09 Å². The van der Waals surface area contributed by atoms with E-state index in [0.29, 0.717) is 12.1 Å². The number of nitrogens with one attached hydrogen (secondary N) is 1. The smallest absolute Gasteiger partial charge is 0.435 e. The number of fused-ring (bicyclic) bond motifs is 1. The van der Waals surface area contributed by atoms with Gasteiger partial charge in [-0.3, -0.25) is 0 Å². The molecule has 1 heterocycles. The molecule has 0 aliphatic carbocycles. The molecule has 0 fully saturated rings. The summed E-state index contributed by atoms with van der Waals surface area (Å²) >= 11 is 0. The van der Waals surface area contributed by atoms with E-state index in [-0.39, 0.29) is 5.41 Å². The predicted molar refractivity (Wildman–Crippen MR) is 139 cm³/mol. The van der Waals surface area contributed by atoms with Gasteiger partial charge in [-0.2, -0.15) is 9.78 Å². The SMILES string of the molecule is CC(C)(C)OC(=O)n1ncc2c(NCc3ccccc3)c(-c3ccc(C(C)(C)C)cc3)ccc21. The van der Waals surface area contributed by atoms with Gasteiger partial charge in [0.05, 0.1) is 17.4 Å². The summed E-state index contributed by atoms with van der Waals surface area (Å²) in [5.41, 5.74) is 5.77. The van der Waals surface area contributed by atoms with E-state index in [4.69, 9.17) is 4.74 Å². The van der Waals surface area contributed by atoms with Crippen LogP contribution in [0.1, 0.15) is 52.7 Å². The fourth-order valence-electron chi connectivity index (χ4n) is 3.92. The normalized spacial score (nSPS) is 12.1. The number of nitrogens with zero attached hydrogens (tertiary/aromatic N) is 2. The molecular weight excluding hydrogens is 422 g/mol. The number of anilines is 1. The average Bonchev–Trinajstić information content (AvgIpc) is 3.21. The van der Waals surface area contributed by atoms with Crippen LogP contribution >= 0.6 is 0 Å².